The predicted molar refractivity (Wildman–Crippen MR) is 69.1 cm³/mol. The lowest BCUT2D eigenvalue weighted by atomic mass is 10.0. The maximum Gasteiger partial charge on any atom is 0.271 e. The van der Waals surface area contributed by atoms with Crippen LogP contribution in [0, 0.1) is 0 Å². The van der Waals surface area contributed by atoms with E-state index >= 15 is 0 Å². The van der Waals surface area contributed by atoms with Crippen molar-refractivity contribution in [2.24, 2.45) is 0 Å². The van der Waals surface area contributed by atoms with Crippen molar-refractivity contribution < 1.29 is 14.3 Å². The summed E-state index contributed by atoms with van der Waals surface area (Å²) in [4.78, 5) is 20.0. The monoisotopic (exact) mass is 266 g/mol. The SMILES string of the molecule is CNc1cnc(C(=O)NCC2(OC)CCOC2)cn1. The highest BCUT2D eigenvalue weighted by Crippen LogP contribution is 2.21. The van der Waals surface area contributed by atoms with E-state index in [1.807, 2.05) is 0 Å². The summed E-state index contributed by atoms with van der Waals surface area (Å²) in [6, 6.07) is 0. The van der Waals surface area contributed by atoms with Gasteiger partial charge >= 0.3 is 0 Å². The molecule has 1 saturated heterocycles. The quantitative estimate of drug-likeness (QED) is 0.783. The second-order valence-corrected chi connectivity index (χ2v) is 4.41. The van der Waals surface area contributed by atoms with Crippen LogP contribution in [0.15, 0.2) is 12.4 Å². The molecule has 1 aromatic rings. The first-order chi connectivity index (χ1) is 9.19. The molecule has 1 fully saturated rings. The first kappa shape index (κ1) is 13.7. The minimum absolute atomic E-state index is 0.265. The molecule has 0 radical (unpaired) electrons. The highest BCUT2D eigenvalue weighted by Gasteiger charge is 2.35. The number of ether oxygens (including phenoxy) is 2. The van der Waals surface area contributed by atoms with Gasteiger partial charge in [-0.3, -0.25) is 4.79 Å². The number of hydrogen-bond acceptors (Lipinski definition) is 6. The lowest BCUT2D eigenvalue weighted by molar-refractivity contribution is -0.0149. The zero-order chi connectivity index (χ0) is 13.7. The van der Waals surface area contributed by atoms with E-state index in [1.165, 1.54) is 12.4 Å². The van der Waals surface area contributed by atoms with E-state index in [9.17, 15) is 4.79 Å². The minimum Gasteiger partial charge on any atom is -0.378 e. The van der Waals surface area contributed by atoms with Crippen LogP contribution in [0.5, 0.6) is 0 Å². The van der Waals surface area contributed by atoms with Crippen LogP contribution in [-0.4, -0.2) is 55.4 Å². The Bertz CT molecular complexity index is 429. The van der Waals surface area contributed by atoms with E-state index in [-0.39, 0.29) is 11.6 Å². The summed E-state index contributed by atoms with van der Waals surface area (Å²) in [5, 5.41) is 5.65. The summed E-state index contributed by atoms with van der Waals surface area (Å²) >= 11 is 0. The Balaban J connectivity index is 1.93. The molecule has 1 aromatic heterocycles. The number of nitrogens with one attached hydrogen (secondary N) is 2. The lowest BCUT2D eigenvalue weighted by Crippen LogP contribution is -2.45. The second kappa shape index (κ2) is 5.94. The van der Waals surface area contributed by atoms with Crippen molar-refractivity contribution in [3.05, 3.63) is 18.1 Å². The van der Waals surface area contributed by atoms with Crippen molar-refractivity contribution >= 4 is 11.7 Å². The van der Waals surface area contributed by atoms with Crippen LogP contribution in [0.2, 0.25) is 0 Å². The first-order valence-electron chi connectivity index (χ1n) is 6.10. The fourth-order valence-electron chi connectivity index (χ4n) is 1.87. The molecule has 0 bridgehead atoms. The molecule has 2 heterocycles. The highest BCUT2D eigenvalue weighted by molar-refractivity contribution is 5.92. The molecule has 1 atom stereocenters. The molecule has 2 N–H and O–H groups in total. The van der Waals surface area contributed by atoms with Gasteiger partial charge < -0.3 is 20.1 Å². The van der Waals surface area contributed by atoms with Crippen LogP contribution in [0.25, 0.3) is 0 Å². The molecular weight excluding hydrogens is 248 g/mol. The van der Waals surface area contributed by atoms with Gasteiger partial charge in [0.25, 0.3) is 5.91 Å². The van der Waals surface area contributed by atoms with Gasteiger partial charge in [-0.1, -0.05) is 0 Å². The van der Waals surface area contributed by atoms with Crippen LogP contribution in [0.4, 0.5) is 5.82 Å². The van der Waals surface area contributed by atoms with Crippen LogP contribution in [-0.2, 0) is 9.47 Å². The van der Waals surface area contributed by atoms with Gasteiger partial charge in [-0.2, -0.15) is 0 Å². The highest BCUT2D eigenvalue weighted by atomic mass is 16.5. The Morgan fingerprint density at radius 2 is 2.37 bits per heavy atom. The average molecular weight is 266 g/mol. The average Bonchev–Trinajstić information content (AvgIpc) is 2.94. The largest absolute Gasteiger partial charge is 0.378 e. The molecule has 7 heteroatoms. The Hall–Kier alpha value is -1.73. The summed E-state index contributed by atoms with van der Waals surface area (Å²) in [6.07, 6.45) is 3.72. The van der Waals surface area contributed by atoms with Gasteiger partial charge in [0.05, 0.1) is 19.0 Å². The van der Waals surface area contributed by atoms with Gasteiger partial charge in [-0.25, -0.2) is 9.97 Å². The maximum atomic E-state index is 11.9. The van der Waals surface area contributed by atoms with Crippen LogP contribution < -0.4 is 10.6 Å². The first-order valence-corrected chi connectivity index (χ1v) is 6.10. The topological polar surface area (TPSA) is 85.4 Å². The number of hydrogen-bond donors (Lipinski definition) is 2. The molecule has 1 aliphatic rings. The number of carbonyl (C=O) groups is 1. The van der Waals surface area contributed by atoms with Gasteiger partial charge in [-0.05, 0) is 0 Å². The molecule has 1 amide bonds. The van der Waals surface area contributed by atoms with Crippen molar-refractivity contribution in [1.82, 2.24) is 15.3 Å². The standard InChI is InChI=1S/C12H18N4O3/c1-13-10-6-14-9(5-15-10)11(17)16-7-12(18-2)3-4-19-8-12/h5-6H,3-4,7-8H2,1-2H3,(H,13,15)(H,16,17). The number of amides is 1. The molecule has 0 aliphatic carbocycles. The van der Waals surface area contributed by atoms with Crippen molar-refractivity contribution in [1.29, 1.82) is 0 Å². The molecule has 0 aromatic carbocycles. The van der Waals surface area contributed by atoms with Crippen LogP contribution in [0.3, 0.4) is 0 Å². The second-order valence-electron chi connectivity index (χ2n) is 4.41. The van der Waals surface area contributed by atoms with Gasteiger partial charge in [0.2, 0.25) is 0 Å². The number of nitrogens with zero attached hydrogens (tertiary/aromatic N) is 2. The number of rotatable bonds is 5. The molecule has 104 valence electrons. The van der Waals surface area contributed by atoms with E-state index in [2.05, 4.69) is 20.6 Å². The van der Waals surface area contributed by atoms with E-state index in [0.717, 1.165) is 6.42 Å². The lowest BCUT2D eigenvalue weighted by Gasteiger charge is -2.25. The summed E-state index contributed by atoms with van der Waals surface area (Å²) in [7, 11) is 3.37. The normalized spacial score (nSPS) is 22.2. The number of carbonyl (C=O) groups excluding carboxylic acids is 1. The van der Waals surface area contributed by atoms with Gasteiger partial charge in [-0.15, -0.1) is 0 Å². The molecular formula is C12H18N4O3. The zero-order valence-corrected chi connectivity index (χ0v) is 11.1. The molecule has 1 unspecified atom stereocenters. The van der Waals surface area contributed by atoms with E-state index in [1.54, 1.807) is 14.2 Å². The molecule has 0 spiro atoms. The molecule has 7 nitrogen and oxygen atoms in total. The fraction of sp³-hybridized carbons (Fsp3) is 0.583. The van der Waals surface area contributed by atoms with E-state index in [0.29, 0.717) is 25.6 Å². The van der Waals surface area contributed by atoms with Crippen molar-refractivity contribution in [2.75, 3.05) is 39.2 Å². The number of methoxy groups -OCH3 is 1. The number of anilines is 1. The van der Waals surface area contributed by atoms with Gasteiger partial charge in [0.15, 0.2) is 0 Å². The predicted octanol–water partition coefficient (Wildman–Crippen LogP) is 0.0536. The Kier molecular flexibility index (Phi) is 4.28. The summed E-state index contributed by atoms with van der Waals surface area (Å²) in [6.45, 7) is 1.55. The maximum absolute atomic E-state index is 11.9. The number of aromatic nitrogens is 2. The Morgan fingerprint density at radius 1 is 1.53 bits per heavy atom. The van der Waals surface area contributed by atoms with E-state index in [4.69, 9.17) is 9.47 Å². The fourth-order valence-corrected chi connectivity index (χ4v) is 1.87. The summed E-state index contributed by atoms with van der Waals surface area (Å²) < 4.78 is 10.7. The van der Waals surface area contributed by atoms with Gasteiger partial charge in [0.1, 0.15) is 17.1 Å². The van der Waals surface area contributed by atoms with Crippen molar-refractivity contribution in [3.63, 3.8) is 0 Å². The van der Waals surface area contributed by atoms with E-state index < -0.39 is 5.60 Å². The Labute approximate surface area is 111 Å². The third-order valence-electron chi connectivity index (χ3n) is 3.21. The molecule has 2 rings (SSSR count). The van der Waals surface area contributed by atoms with Crippen molar-refractivity contribution in [3.8, 4) is 0 Å². The van der Waals surface area contributed by atoms with Crippen molar-refractivity contribution in [2.45, 2.75) is 12.0 Å². The van der Waals surface area contributed by atoms with Crippen LogP contribution in [0.1, 0.15) is 16.9 Å². The third-order valence-corrected chi connectivity index (χ3v) is 3.21. The summed E-state index contributed by atoms with van der Waals surface area (Å²) in [5.74, 6) is 0.354. The molecule has 1 aliphatic heterocycles. The smallest absolute Gasteiger partial charge is 0.271 e. The van der Waals surface area contributed by atoms with Gasteiger partial charge in [0, 0.05) is 33.7 Å². The summed E-state index contributed by atoms with van der Waals surface area (Å²) in [5.41, 5.74) is -0.141. The Morgan fingerprint density at radius 3 is 2.89 bits per heavy atom. The molecule has 0 saturated carbocycles. The third kappa shape index (κ3) is 3.18. The zero-order valence-electron chi connectivity index (χ0n) is 11.1. The van der Waals surface area contributed by atoms with Crippen LogP contribution >= 0.6 is 0 Å². The molecule has 19 heavy (non-hydrogen) atoms. The minimum atomic E-state index is -0.423.